The van der Waals surface area contributed by atoms with Crippen LogP contribution in [0.15, 0.2) is 66.0 Å². The number of carbonyl (C=O) groups excluding carboxylic acids is 1. The molecule has 1 aliphatic heterocycles. The van der Waals surface area contributed by atoms with Crippen molar-refractivity contribution in [1.82, 2.24) is 33.8 Å². The second kappa shape index (κ2) is 12.8. The molecule has 0 aliphatic carbocycles. The number of aryl methyl sites for hydroxylation is 4. The maximum absolute atomic E-state index is 13.9. The molecule has 2 aromatic carbocycles. The molecule has 2 atom stereocenters. The van der Waals surface area contributed by atoms with Crippen molar-refractivity contribution in [2.45, 2.75) is 77.0 Å². The standard InChI is InChI=1S/C34H39N7O4S/c1-6-27-21-40(46(43,44)31-9-8-14-36-34(31)45-27)20-25-17-24(11-10-22(25)3)29(18-26(42)19-32-35-15-16-39(32)5)28-12-13-30-33(23(28)4)37-38-41(30)7-2/h8-17,27,29H,6-7,18-21H2,1-5H3/t27-,29+/m1/s1. The van der Waals surface area contributed by atoms with Crippen LogP contribution in [0.1, 0.15) is 66.2 Å². The lowest BCUT2D eigenvalue weighted by Crippen LogP contribution is -2.36. The van der Waals surface area contributed by atoms with Gasteiger partial charge in [0.05, 0.1) is 18.5 Å². The maximum atomic E-state index is 13.9. The van der Waals surface area contributed by atoms with Crippen molar-refractivity contribution in [3.8, 4) is 5.88 Å². The van der Waals surface area contributed by atoms with Crippen molar-refractivity contribution in [3.63, 3.8) is 0 Å². The first-order valence-corrected chi connectivity index (χ1v) is 17.1. The number of aromatic nitrogens is 6. The summed E-state index contributed by atoms with van der Waals surface area (Å²) in [5.41, 5.74) is 6.45. The molecule has 0 saturated heterocycles. The number of benzene rings is 2. The number of ether oxygens (including phenoxy) is 1. The number of fused-ring (bicyclic) bond motifs is 2. The van der Waals surface area contributed by atoms with Crippen LogP contribution in [0.2, 0.25) is 0 Å². The molecule has 0 fully saturated rings. The molecule has 0 unspecified atom stereocenters. The summed E-state index contributed by atoms with van der Waals surface area (Å²) in [5.74, 6) is 0.612. The highest BCUT2D eigenvalue weighted by atomic mass is 32.2. The third-order valence-corrected chi connectivity index (χ3v) is 10.8. The SMILES string of the molecule is CC[C@@H]1CN(Cc2cc([C@H](CC(=O)Cc3nccn3C)c3ccc4c(nnn4CC)c3C)ccc2C)S(=O)(=O)c2cccnc2O1. The van der Waals surface area contributed by atoms with Gasteiger partial charge in [0.25, 0.3) is 0 Å². The fourth-order valence-electron chi connectivity index (χ4n) is 6.20. The van der Waals surface area contributed by atoms with Crippen LogP contribution in [0.25, 0.3) is 11.0 Å². The zero-order valence-corrected chi connectivity index (χ0v) is 27.7. The highest BCUT2D eigenvalue weighted by Gasteiger charge is 2.35. The van der Waals surface area contributed by atoms with Crippen molar-refractivity contribution in [2.75, 3.05) is 6.54 Å². The smallest absolute Gasteiger partial charge is 0.248 e. The summed E-state index contributed by atoms with van der Waals surface area (Å²) >= 11 is 0. The number of rotatable bonds is 10. The Bertz CT molecular complexity index is 2020. The lowest BCUT2D eigenvalue weighted by atomic mass is 9.83. The van der Waals surface area contributed by atoms with Crippen LogP contribution >= 0.6 is 0 Å². The quantitative estimate of drug-likeness (QED) is 0.211. The Balaban J connectivity index is 1.40. The zero-order chi connectivity index (χ0) is 32.6. The normalized spacial score (nSPS) is 16.9. The Morgan fingerprint density at radius 3 is 2.65 bits per heavy atom. The fraction of sp³-hybridized carbons (Fsp3) is 0.382. The average Bonchev–Trinajstić information content (AvgIpc) is 3.63. The molecule has 0 saturated carbocycles. The molecule has 12 heteroatoms. The van der Waals surface area contributed by atoms with Gasteiger partial charge in [-0.1, -0.05) is 36.4 Å². The Hall–Kier alpha value is -4.42. The van der Waals surface area contributed by atoms with E-state index >= 15 is 0 Å². The van der Waals surface area contributed by atoms with E-state index in [1.165, 1.54) is 4.31 Å². The minimum atomic E-state index is -3.88. The van der Waals surface area contributed by atoms with Gasteiger partial charge in [-0.05, 0) is 73.2 Å². The molecule has 6 rings (SSSR count). The number of hydrogen-bond donors (Lipinski definition) is 0. The van der Waals surface area contributed by atoms with Crippen molar-refractivity contribution < 1.29 is 17.9 Å². The van der Waals surface area contributed by atoms with Gasteiger partial charge in [-0.3, -0.25) is 4.79 Å². The Kier molecular flexibility index (Phi) is 8.75. The molecular formula is C34H39N7O4S. The van der Waals surface area contributed by atoms with Crippen LogP contribution in [-0.4, -0.2) is 60.7 Å². The summed E-state index contributed by atoms with van der Waals surface area (Å²) in [6.45, 7) is 9.07. The minimum Gasteiger partial charge on any atom is -0.472 e. The summed E-state index contributed by atoms with van der Waals surface area (Å²) in [6, 6.07) is 13.3. The minimum absolute atomic E-state index is 0.0558. The number of nitrogens with zero attached hydrogens (tertiary/aromatic N) is 7. The fourth-order valence-corrected chi connectivity index (χ4v) is 7.72. The number of imidazole rings is 1. The molecule has 11 nitrogen and oxygen atoms in total. The van der Waals surface area contributed by atoms with E-state index < -0.39 is 10.0 Å². The summed E-state index contributed by atoms with van der Waals surface area (Å²) in [4.78, 5) is 22.3. The van der Waals surface area contributed by atoms with E-state index in [0.717, 1.165) is 38.9 Å². The van der Waals surface area contributed by atoms with Crippen LogP contribution in [-0.2, 0) is 41.4 Å². The van der Waals surface area contributed by atoms with E-state index in [2.05, 4.69) is 26.3 Å². The van der Waals surface area contributed by atoms with Crippen molar-refractivity contribution >= 4 is 26.8 Å². The van der Waals surface area contributed by atoms with Gasteiger partial charge in [-0.15, -0.1) is 5.10 Å². The predicted octanol–water partition coefficient (Wildman–Crippen LogP) is 4.89. The molecule has 0 bridgehead atoms. The first-order valence-electron chi connectivity index (χ1n) is 15.6. The molecule has 240 valence electrons. The summed E-state index contributed by atoms with van der Waals surface area (Å²) in [5, 5.41) is 8.79. The third-order valence-electron chi connectivity index (χ3n) is 8.98. The second-order valence-electron chi connectivity index (χ2n) is 11.9. The zero-order valence-electron chi connectivity index (χ0n) is 26.8. The first kappa shape index (κ1) is 31.6. The summed E-state index contributed by atoms with van der Waals surface area (Å²) in [7, 11) is -2.00. The van der Waals surface area contributed by atoms with E-state index in [9.17, 15) is 13.2 Å². The predicted molar refractivity (Wildman–Crippen MR) is 174 cm³/mol. The van der Waals surface area contributed by atoms with E-state index in [0.29, 0.717) is 18.8 Å². The third kappa shape index (κ3) is 5.94. The first-order chi connectivity index (χ1) is 22.1. The molecule has 46 heavy (non-hydrogen) atoms. The van der Waals surface area contributed by atoms with Gasteiger partial charge in [-0.2, -0.15) is 4.31 Å². The van der Waals surface area contributed by atoms with Gasteiger partial charge in [0.2, 0.25) is 15.9 Å². The van der Waals surface area contributed by atoms with Gasteiger partial charge in [0.15, 0.2) is 0 Å². The monoisotopic (exact) mass is 641 g/mol. The summed E-state index contributed by atoms with van der Waals surface area (Å²) in [6.07, 6.45) is 5.83. The molecule has 4 heterocycles. The van der Waals surface area contributed by atoms with E-state index in [1.54, 1.807) is 24.5 Å². The van der Waals surface area contributed by atoms with Crippen LogP contribution in [0.4, 0.5) is 0 Å². The number of ketones is 1. The van der Waals surface area contributed by atoms with E-state index in [1.807, 2.05) is 74.5 Å². The van der Waals surface area contributed by atoms with Crippen LogP contribution in [0, 0.1) is 13.8 Å². The number of Topliss-reactive ketones (excluding diaryl/α,β-unsaturated/α-hetero) is 1. The van der Waals surface area contributed by atoms with E-state index in [4.69, 9.17) is 4.74 Å². The molecule has 3 aromatic heterocycles. The van der Waals surface area contributed by atoms with Gasteiger partial charge < -0.3 is 9.30 Å². The Labute approximate surface area is 269 Å². The van der Waals surface area contributed by atoms with Gasteiger partial charge in [0, 0.05) is 51.1 Å². The highest BCUT2D eigenvalue weighted by Crippen LogP contribution is 2.36. The van der Waals surface area contributed by atoms with Gasteiger partial charge in [-0.25, -0.2) is 23.1 Å². The summed E-state index contributed by atoms with van der Waals surface area (Å²) < 4.78 is 39.0. The molecule has 0 N–H and O–H groups in total. The van der Waals surface area contributed by atoms with Crippen LogP contribution in [0.3, 0.4) is 0 Å². The molecule has 1 aliphatic rings. The number of pyridine rings is 1. The Morgan fingerprint density at radius 2 is 1.91 bits per heavy atom. The molecule has 0 spiro atoms. The average molecular weight is 642 g/mol. The number of sulfonamides is 1. The van der Waals surface area contributed by atoms with Crippen LogP contribution in [0.5, 0.6) is 5.88 Å². The molecule has 0 amide bonds. The largest absolute Gasteiger partial charge is 0.472 e. The number of carbonyl (C=O) groups is 1. The van der Waals surface area contributed by atoms with Gasteiger partial charge >= 0.3 is 0 Å². The maximum Gasteiger partial charge on any atom is 0.248 e. The number of hydrogen-bond acceptors (Lipinski definition) is 8. The van der Waals surface area contributed by atoms with Gasteiger partial charge in [0.1, 0.15) is 28.1 Å². The second-order valence-corrected chi connectivity index (χ2v) is 13.8. The lowest BCUT2D eigenvalue weighted by molar-refractivity contribution is -0.118. The molecular weight excluding hydrogens is 602 g/mol. The topological polar surface area (TPSA) is 125 Å². The molecule has 0 radical (unpaired) electrons. The van der Waals surface area contributed by atoms with Crippen molar-refractivity contribution in [3.05, 3.63) is 94.7 Å². The van der Waals surface area contributed by atoms with Crippen molar-refractivity contribution in [2.24, 2.45) is 7.05 Å². The molecule has 5 aromatic rings. The lowest BCUT2D eigenvalue weighted by Gasteiger charge is -2.25. The Morgan fingerprint density at radius 1 is 1.09 bits per heavy atom. The van der Waals surface area contributed by atoms with E-state index in [-0.39, 0.29) is 54.5 Å². The van der Waals surface area contributed by atoms with Crippen molar-refractivity contribution in [1.29, 1.82) is 0 Å². The van der Waals surface area contributed by atoms with Crippen LogP contribution < -0.4 is 4.74 Å². The highest BCUT2D eigenvalue weighted by molar-refractivity contribution is 7.89.